The van der Waals surface area contributed by atoms with E-state index in [1.807, 2.05) is 0 Å². The van der Waals surface area contributed by atoms with E-state index < -0.39 is 0 Å². The molecule has 0 fully saturated rings. The summed E-state index contributed by atoms with van der Waals surface area (Å²) in [6, 6.07) is 0. The van der Waals surface area contributed by atoms with E-state index in [0.717, 1.165) is 0 Å². The predicted molar refractivity (Wildman–Crippen MR) is 57.2 cm³/mol. The van der Waals surface area contributed by atoms with Crippen LogP contribution in [0.1, 0.15) is 0 Å². The Kier molecular flexibility index (Phi) is 3.12. The van der Waals surface area contributed by atoms with Crippen LogP contribution in [-0.4, -0.2) is 29.9 Å². The quantitative estimate of drug-likeness (QED) is 0.642. The number of aliphatic imine (C=N–C) groups is 2. The number of rotatable bonds is 2. The fraction of sp³-hybridized carbons (Fsp3) is 0.100. The summed E-state index contributed by atoms with van der Waals surface area (Å²) in [5.74, 6) is 0.277. The fourth-order valence-electron chi connectivity index (χ4n) is 1.01. The van der Waals surface area contributed by atoms with Gasteiger partial charge in [-0.05, 0) is 6.08 Å². The average Bonchev–Trinajstić information content (AvgIpc) is 2.18. The van der Waals surface area contributed by atoms with Crippen molar-refractivity contribution in [1.29, 1.82) is 0 Å². The summed E-state index contributed by atoms with van der Waals surface area (Å²) in [5, 5.41) is 0. The molecule has 0 aromatic carbocycles. The molecule has 1 rings (SSSR count). The van der Waals surface area contributed by atoms with Crippen LogP contribution in [0, 0.1) is 0 Å². The Labute approximate surface area is 82.7 Å². The van der Waals surface area contributed by atoms with E-state index in [0.29, 0.717) is 11.5 Å². The topological polar surface area (TPSA) is 45.0 Å². The summed E-state index contributed by atoms with van der Waals surface area (Å²) in [7, 11) is 1.63. The number of carbonyl (C=O) groups excluding carboxylic acids is 1. The fourth-order valence-corrected chi connectivity index (χ4v) is 1.01. The van der Waals surface area contributed by atoms with E-state index in [9.17, 15) is 4.79 Å². The van der Waals surface area contributed by atoms with Gasteiger partial charge in [0.05, 0.1) is 6.21 Å². The van der Waals surface area contributed by atoms with Crippen LogP contribution in [0.4, 0.5) is 0 Å². The average molecular weight is 189 g/mol. The first kappa shape index (κ1) is 10.1. The number of hydrogen-bond acceptors (Lipinski definition) is 3. The molecule has 72 valence electrons. The second-order valence-electron chi connectivity index (χ2n) is 2.58. The van der Waals surface area contributed by atoms with Gasteiger partial charge in [-0.15, -0.1) is 0 Å². The Morgan fingerprint density at radius 3 is 2.86 bits per heavy atom. The third kappa shape index (κ3) is 1.85. The highest BCUT2D eigenvalue weighted by atomic mass is 16.2. The molecular formula is C10H11N3O. The highest BCUT2D eigenvalue weighted by Crippen LogP contribution is 2.09. The van der Waals surface area contributed by atoms with Gasteiger partial charge in [-0.1, -0.05) is 19.2 Å². The molecule has 1 aliphatic rings. The largest absolute Gasteiger partial charge is 0.293 e. The van der Waals surface area contributed by atoms with Gasteiger partial charge in [-0.3, -0.25) is 9.69 Å². The van der Waals surface area contributed by atoms with Gasteiger partial charge in [0, 0.05) is 13.2 Å². The van der Waals surface area contributed by atoms with Crippen molar-refractivity contribution >= 4 is 18.0 Å². The number of carbonyl (C=O) groups is 1. The summed E-state index contributed by atoms with van der Waals surface area (Å²) in [6.07, 6.45) is 5.89. The minimum atomic E-state index is -0.202. The zero-order valence-electron chi connectivity index (χ0n) is 7.97. The normalized spacial score (nSPS) is 21.8. The van der Waals surface area contributed by atoms with Crippen molar-refractivity contribution in [1.82, 2.24) is 4.90 Å². The number of allylic oxidation sites excluding steroid dienone is 2. The molecule has 4 nitrogen and oxygen atoms in total. The Balaban J connectivity index is 3.19. The Morgan fingerprint density at radius 2 is 2.29 bits per heavy atom. The molecule has 0 saturated heterocycles. The molecule has 14 heavy (non-hydrogen) atoms. The van der Waals surface area contributed by atoms with Crippen LogP contribution < -0.4 is 0 Å². The van der Waals surface area contributed by atoms with Crippen LogP contribution in [0.2, 0.25) is 0 Å². The number of amidine groups is 1. The summed E-state index contributed by atoms with van der Waals surface area (Å²) in [5.41, 5.74) is 0.599. The maximum absolute atomic E-state index is 11.2. The van der Waals surface area contributed by atoms with Crippen LogP contribution in [-0.2, 0) is 4.79 Å². The minimum absolute atomic E-state index is 0.202. The molecule has 1 amide bonds. The highest BCUT2D eigenvalue weighted by Gasteiger charge is 2.20. The van der Waals surface area contributed by atoms with Crippen molar-refractivity contribution in [3.63, 3.8) is 0 Å². The van der Waals surface area contributed by atoms with Crippen molar-refractivity contribution in [2.45, 2.75) is 0 Å². The zero-order chi connectivity index (χ0) is 10.6. The minimum Gasteiger partial charge on any atom is -0.293 e. The van der Waals surface area contributed by atoms with Gasteiger partial charge in [0.15, 0.2) is 5.84 Å². The van der Waals surface area contributed by atoms with E-state index in [2.05, 4.69) is 23.1 Å². The van der Waals surface area contributed by atoms with E-state index in [4.69, 9.17) is 0 Å². The smallest absolute Gasteiger partial charge is 0.270 e. The Morgan fingerprint density at radius 1 is 1.57 bits per heavy atom. The molecule has 0 saturated carbocycles. The zero-order valence-corrected chi connectivity index (χ0v) is 7.97. The monoisotopic (exact) mass is 189 g/mol. The van der Waals surface area contributed by atoms with Crippen molar-refractivity contribution in [3.05, 3.63) is 37.2 Å². The van der Waals surface area contributed by atoms with Gasteiger partial charge in [-0.25, -0.2) is 9.98 Å². The number of hydrogen-bond donors (Lipinski definition) is 0. The summed E-state index contributed by atoms with van der Waals surface area (Å²) in [6.45, 7) is 7.04. The standard InChI is InChI=1S/C10H11N3O/c1-4-6-8-10(11-5-2)13(3)9(14)7-12-8/h4-7H,1-2H2,3H3/b8-6+,11-10?. The van der Waals surface area contributed by atoms with Crippen molar-refractivity contribution in [2.24, 2.45) is 9.98 Å². The maximum atomic E-state index is 11.2. The molecule has 1 aliphatic heterocycles. The van der Waals surface area contributed by atoms with Crippen molar-refractivity contribution in [2.75, 3.05) is 7.05 Å². The van der Waals surface area contributed by atoms with Crippen LogP contribution >= 0.6 is 0 Å². The van der Waals surface area contributed by atoms with Crippen LogP contribution in [0.15, 0.2) is 47.2 Å². The lowest BCUT2D eigenvalue weighted by atomic mass is 10.3. The first-order chi connectivity index (χ1) is 6.70. The van der Waals surface area contributed by atoms with E-state index in [1.54, 1.807) is 19.2 Å². The van der Waals surface area contributed by atoms with Crippen molar-refractivity contribution in [3.8, 4) is 0 Å². The SMILES string of the molecule is C=C/C=C1/N=CC(=O)N(C)C1=NC=C. The highest BCUT2D eigenvalue weighted by molar-refractivity contribution is 6.34. The first-order valence-corrected chi connectivity index (χ1v) is 4.04. The van der Waals surface area contributed by atoms with Crippen LogP contribution in [0.5, 0.6) is 0 Å². The molecule has 0 aromatic heterocycles. The van der Waals surface area contributed by atoms with Gasteiger partial charge in [0.1, 0.15) is 5.70 Å². The Hall–Kier alpha value is -1.97. The molecular weight excluding hydrogens is 178 g/mol. The van der Waals surface area contributed by atoms with E-state index in [-0.39, 0.29) is 5.91 Å². The van der Waals surface area contributed by atoms with Gasteiger partial charge < -0.3 is 0 Å². The first-order valence-electron chi connectivity index (χ1n) is 4.04. The molecule has 0 radical (unpaired) electrons. The molecule has 0 N–H and O–H groups in total. The molecule has 1 heterocycles. The van der Waals surface area contributed by atoms with Gasteiger partial charge in [0.25, 0.3) is 5.91 Å². The molecule has 0 unspecified atom stereocenters. The lowest BCUT2D eigenvalue weighted by molar-refractivity contribution is -0.119. The number of likely N-dealkylation sites (N-methyl/N-ethyl adjacent to an activating group) is 1. The second kappa shape index (κ2) is 4.32. The molecule has 0 atom stereocenters. The summed E-state index contributed by atoms with van der Waals surface area (Å²) < 4.78 is 0. The predicted octanol–water partition coefficient (Wildman–Crippen LogP) is 1.14. The second-order valence-corrected chi connectivity index (χ2v) is 2.58. The summed E-state index contributed by atoms with van der Waals surface area (Å²) >= 11 is 0. The lowest BCUT2D eigenvalue weighted by Crippen LogP contribution is -2.37. The van der Waals surface area contributed by atoms with Crippen LogP contribution in [0.25, 0.3) is 0 Å². The molecule has 0 spiro atoms. The van der Waals surface area contributed by atoms with Crippen molar-refractivity contribution < 1.29 is 4.79 Å². The third-order valence-electron chi connectivity index (χ3n) is 1.68. The maximum Gasteiger partial charge on any atom is 0.270 e. The van der Waals surface area contributed by atoms with Crippen LogP contribution in [0.3, 0.4) is 0 Å². The molecule has 0 bridgehead atoms. The van der Waals surface area contributed by atoms with Gasteiger partial charge >= 0.3 is 0 Å². The third-order valence-corrected chi connectivity index (χ3v) is 1.68. The number of amides is 1. The molecule has 4 heteroatoms. The van der Waals surface area contributed by atoms with Gasteiger partial charge in [0.2, 0.25) is 0 Å². The van der Waals surface area contributed by atoms with E-state index in [1.165, 1.54) is 17.3 Å². The van der Waals surface area contributed by atoms with E-state index >= 15 is 0 Å². The molecule has 0 aromatic rings. The number of nitrogens with zero attached hydrogens (tertiary/aromatic N) is 3. The van der Waals surface area contributed by atoms with Gasteiger partial charge in [-0.2, -0.15) is 0 Å². The molecule has 0 aliphatic carbocycles. The Bertz CT molecular complexity index is 364. The summed E-state index contributed by atoms with van der Waals surface area (Å²) in [4.78, 5) is 20.6. The lowest BCUT2D eigenvalue weighted by Gasteiger charge is -2.20.